The van der Waals surface area contributed by atoms with Crippen molar-refractivity contribution in [3.63, 3.8) is 0 Å². The van der Waals surface area contributed by atoms with Crippen molar-refractivity contribution in [3.05, 3.63) is 29.8 Å². The van der Waals surface area contributed by atoms with Crippen LogP contribution in [0.2, 0.25) is 0 Å². The predicted molar refractivity (Wildman–Crippen MR) is 66.7 cm³/mol. The lowest BCUT2D eigenvalue weighted by molar-refractivity contribution is 0.515. The fourth-order valence-corrected chi connectivity index (χ4v) is 2.00. The molecule has 2 rings (SSSR count). The fraction of sp³-hybridized carbons (Fsp3) is 0.385. The van der Waals surface area contributed by atoms with Gasteiger partial charge in [0.25, 0.3) is 0 Å². The van der Waals surface area contributed by atoms with Gasteiger partial charge in [0, 0.05) is 5.39 Å². The van der Waals surface area contributed by atoms with Gasteiger partial charge in [0.05, 0.1) is 0 Å². The van der Waals surface area contributed by atoms with Gasteiger partial charge in [-0.1, -0.05) is 38.6 Å². The SMILES string of the molecule is CSc1cc2cc(C(C)(C)C)ccc2o1. The average molecular weight is 220 g/mol. The molecule has 2 aromatic rings. The van der Waals surface area contributed by atoms with Crippen LogP contribution in [0.3, 0.4) is 0 Å². The topological polar surface area (TPSA) is 13.1 Å². The molecule has 0 aliphatic rings. The van der Waals surface area contributed by atoms with Crippen LogP contribution < -0.4 is 0 Å². The molecule has 0 unspecified atom stereocenters. The Kier molecular flexibility index (Phi) is 2.55. The summed E-state index contributed by atoms with van der Waals surface area (Å²) in [4.78, 5) is 0. The highest BCUT2D eigenvalue weighted by atomic mass is 32.2. The van der Waals surface area contributed by atoms with Crippen molar-refractivity contribution < 1.29 is 4.42 Å². The van der Waals surface area contributed by atoms with Crippen LogP contribution in [0.15, 0.2) is 33.8 Å². The van der Waals surface area contributed by atoms with E-state index in [9.17, 15) is 0 Å². The molecule has 1 aromatic heterocycles. The van der Waals surface area contributed by atoms with E-state index in [4.69, 9.17) is 4.42 Å². The van der Waals surface area contributed by atoms with Crippen LogP contribution in [0, 0.1) is 0 Å². The lowest BCUT2D eigenvalue weighted by Gasteiger charge is -2.18. The van der Waals surface area contributed by atoms with Gasteiger partial charge >= 0.3 is 0 Å². The summed E-state index contributed by atoms with van der Waals surface area (Å²) >= 11 is 1.64. The Balaban J connectivity index is 2.55. The average Bonchev–Trinajstić information content (AvgIpc) is 2.57. The first-order valence-electron chi connectivity index (χ1n) is 5.09. The van der Waals surface area contributed by atoms with Gasteiger partial charge in [-0.05, 0) is 35.4 Å². The molecular formula is C13H16OS. The number of furan rings is 1. The lowest BCUT2D eigenvalue weighted by Crippen LogP contribution is -2.10. The summed E-state index contributed by atoms with van der Waals surface area (Å²) in [5.41, 5.74) is 2.53. The maximum atomic E-state index is 5.65. The highest BCUT2D eigenvalue weighted by Gasteiger charge is 2.14. The van der Waals surface area contributed by atoms with Crippen molar-refractivity contribution in [1.82, 2.24) is 0 Å². The van der Waals surface area contributed by atoms with E-state index in [0.717, 1.165) is 10.7 Å². The summed E-state index contributed by atoms with van der Waals surface area (Å²) in [7, 11) is 0. The van der Waals surface area contributed by atoms with Gasteiger partial charge < -0.3 is 4.42 Å². The van der Waals surface area contributed by atoms with E-state index >= 15 is 0 Å². The molecule has 0 N–H and O–H groups in total. The largest absolute Gasteiger partial charge is 0.450 e. The summed E-state index contributed by atoms with van der Waals surface area (Å²) in [5.74, 6) is 0. The Morgan fingerprint density at radius 3 is 2.47 bits per heavy atom. The minimum atomic E-state index is 0.199. The predicted octanol–water partition coefficient (Wildman–Crippen LogP) is 4.45. The van der Waals surface area contributed by atoms with Crippen LogP contribution in [0.25, 0.3) is 11.0 Å². The normalized spacial score (nSPS) is 12.3. The van der Waals surface area contributed by atoms with Crippen molar-refractivity contribution in [1.29, 1.82) is 0 Å². The van der Waals surface area contributed by atoms with Crippen LogP contribution >= 0.6 is 11.8 Å². The number of thioether (sulfide) groups is 1. The number of fused-ring (bicyclic) bond motifs is 1. The molecule has 0 fully saturated rings. The van der Waals surface area contributed by atoms with E-state index in [1.807, 2.05) is 6.26 Å². The summed E-state index contributed by atoms with van der Waals surface area (Å²) in [6.07, 6.45) is 2.03. The second kappa shape index (κ2) is 3.60. The molecule has 80 valence electrons. The molecule has 1 heterocycles. The van der Waals surface area contributed by atoms with Crippen molar-refractivity contribution in [3.8, 4) is 0 Å². The molecule has 0 atom stereocenters. The van der Waals surface area contributed by atoms with Crippen molar-refractivity contribution in [2.75, 3.05) is 6.26 Å². The molecule has 0 bridgehead atoms. The summed E-state index contributed by atoms with van der Waals surface area (Å²) in [6, 6.07) is 8.54. The molecule has 0 saturated heterocycles. The van der Waals surface area contributed by atoms with Crippen molar-refractivity contribution in [2.24, 2.45) is 0 Å². The first kappa shape index (κ1) is 10.6. The highest BCUT2D eigenvalue weighted by molar-refractivity contribution is 7.98. The number of benzene rings is 1. The van der Waals surface area contributed by atoms with Gasteiger partial charge in [-0.3, -0.25) is 0 Å². The van der Waals surface area contributed by atoms with Gasteiger partial charge in [-0.2, -0.15) is 0 Å². The van der Waals surface area contributed by atoms with E-state index in [-0.39, 0.29) is 5.41 Å². The zero-order valence-electron chi connectivity index (χ0n) is 9.63. The first-order chi connectivity index (χ1) is 7.00. The molecule has 1 nitrogen and oxygen atoms in total. The standard InChI is InChI=1S/C13H16OS/c1-13(2,3)10-5-6-11-9(7-10)8-12(14-11)15-4/h5-8H,1-4H3. The Morgan fingerprint density at radius 2 is 1.87 bits per heavy atom. The molecule has 0 spiro atoms. The van der Waals surface area contributed by atoms with Crippen LogP contribution in [-0.2, 0) is 5.41 Å². The first-order valence-corrected chi connectivity index (χ1v) is 6.31. The summed E-state index contributed by atoms with van der Waals surface area (Å²) < 4.78 is 5.65. The molecule has 0 amide bonds. The third kappa shape index (κ3) is 2.05. The maximum Gasteiger partial charge on any atom is 0.161 e. The molecule has 0 radical (unpaired) electrons. The monoisotopic (exact) mass is 220 g/mol. The van der Waals surface area contributed by atoms with Gasteiger partial charge in [0.2, 0.25) is 0 Å². The van der Waals surface area contributed by atoms with Gasteiger partial charge in [-0.15, -0.1) is 0 Å². The highest BCUT2D eigenvalue weighted by Crippen LogP contribution is 2.30. The zero-order valence-corrected chi connectivity index (χ0v) is 10.4. The number of hydrogen-bond acceptors (Lipinski definition) is 2. The van der Waals surface area contributed by atoms with E-state index in [1.165, 1.54) is 10.9 Å². The van der Waals surface area contributed by atoms with Crippen molar-refractivity contribution in [2.45, 2.75) is 31.3 Å². The molecule has 0 aliphatic heterocycles. The third-order valence-corrected chi connectivity index (χ3v) is 3.16. The summed E-state index contributed by atoms with van der Waals surface area (Å²) in [6.45, 7) is 6.68. The van der Waals surface area contributed by atoms with Gasteiger partial charge in [-0.25, -0.2) is 0 Å². The Bertz CT molecular complexity index is 477. The molecule has 1 aromatic carbocycles. The molecule has 0 saturated carbocycles. The van der Waals surface area contributed by atoms with E-state index < -0.39 is 0 Å². The zero-order chi connectivity index (χ0) is 11.1. The second-order valence-corrected chi connectivity index (χ2v) is 5.58. The smallest absolute Gasteiger partial charge is 0.161 e. The van der Waals surface area contributed by atoms with E-state index in [2.05, 4.69) is 45.0 Å². The number of rotatable bonds is 1. The van der Waals surface area contributed by atoms with Crippen LogP contribution in [0.4, 0.5) is 0 Å². The molecular weight excluding hydrogens is 204 g/mol. The van der Waals surface area contributed by atoms with Crippen LogP contribution in [0.5, 0.6) is 0 Å². The van der Waals surface area contributed by atoms with Crippen LogP contribution in [-0.4, -0.2) is 6.26 Å². The second-order valence-electron chi connectivity index (χ2n) is 4.77. The Morgan fingerprint density at radius 1 is 1.13 bits per heavy atom. The quantitative estimate of drug-likeness (QED) is 0.658. The number of hydrogen-bond donors (Lipinski definition) is 0. The maximum absolute atomic E-state index is 5.65. The molecule has 15 heavy (non-hydrogen) atoms. The third-order valence-electron chi connectivity index (χ3n) is 2.56. The van der Waals surface area contributed by atoms with E-state index in [1.54, 1.807) is 11.8 Å². The van der Waals surface area contributed by atoms with Gasteiger partial charge in [0.1, 0.15) is 5.58 Å². The minimum absolute atomic E-state index is 0.199. The van der Waals surface area contributed by atoms with Crippen molar-refractivity contribution >= 4 is 22.7 Å². The Labute approximate surface area is 94.9 Å². The fourth-order valence-electron chi connectivity index (χ4n) is 1.59. The molecule has 0 aliphatic carbocycles. The Hall–Kier alpha value is -0.890. The van der Waals surface area contributed by atoms with E-state index in [0.29, 0.717) is 0 Å². The lowest BCUT2D eigenvalue weighted by atomic mass is 9.86. The summed E-state index contributed by atoms with van der Waals surface area (Å²) in [5, 5.41) is 2.18. The minimum Gasteiger partial charge on any atom is -0.450 e. The van der Waals surface area contributed by atoms with Gasteiger partial charge in [0.15, 0.2) is 5.09 Å². The molecule has 2 heteroatoms. The van der Waals surface area contributed by atoms with Crippen LogP contribution in [0.1, 0.15) is 26.3 Å².